The lowest BCUT2D eigenvalue weighted by Crippen LogP contribution is -2.32. The van der Waals surface area contributed by atoms with E-state index in [0.717, 1.165) is 25.5 Å². The molecule has 0 saturated carbocycles. The fourth-order valence-electron chi connectivity index (χ4n) is 1.62. The molecule has 1 fully saturated rings. The van der Waals surface area contributed by atoms with E-state index in [1.54, 1.807) is 6.07 Å². The predicted octanol–water partition coefficient (Wildman–Crippen LogP) is 0.937. The van der Waals surface area contributed by atoms with Crippen LogP contribution in [0.5, 0.6) is 0 Å². The van der Waals surface area contributed by atoms with E-state index >= 15 is 0 Å². The highest BCUT2D eigenvalue weighted by Crippen LogP contribution is 2.21. The van der Waals surface area contributed by atoms with Crippen molar-refractivity contribution in [2.75, 3.05) is 30.9 Å². The molecule has 82 valence electrons. The van der Waals surface area contributed by atoms with Gasteiger partial charge < -0.3 is 15.4 Å². The maximum atomic E-state index is 5.81. The van der Waals surface area contributed by atoms with E-state index in [-0.39, 0.29) is 5.95 Å². The Balaban J connectivity index is 2.20. The topological polar surface area (TPSA) is 64.3 Å². The Morgan fingerprint density at radius 1 is 1.60 bits per heavy atom. The third kappa shape index (κ3) is 2.30. The van der Waals surface area contributed by atoms with Crippen molar-refractivity contribution in [3.05, 3.63) is 11.2 Å². The second-order valence-corrected chi connectivity index (χ2v) is 3.92. The van der Waals surface area contributed by atoms with Crippen LogP contribution in [0.2, 0.25) is 5.15 Å². The molecule has 1 saturated heterocycles. The third-order valence-corrected chi connectivity index (χ3v) is 2.71. The van der Waals surface area contributed by atoms with Gasteiger partial charge in [-0.05, 0) is 6.42 Å². The maximum Gasteiger partial charge on any atom is 0.223 e. The summed E-state index contributed by atoms with van der Waals surface area (Å²) >= 11 is 5.81. The average molecular weight is 229 g/mol. The first-order valence-corrected chi connectivity index (χ1v) is 5.15. The van der Waals surface area contributed by atoms with Crippen molar-refractivity contribution in [1.82, 2.24) is 9.97 Å². The molecule has 5 nitrogen and oxygen atoms in total. The summed E-state index contributed by atoms with van der Waals surface area (Å²) in [4.78, 5) is 9.97. The smallest absolute Gasteiger partial charge is 0.223 e. The highest BCUT2D eigenvalue weighted by molar-refractivity contribution is 6.29. The summed E-state index contributed by atoms with van der Waals surface area (Å²) < 4.78 is 5.31. The molecular formula is C9H13ClN4O. The number of anilines is 2. The standard InChI is InChI=1S/C9H13ClN4O/c1-14(6-2-3-15-5-6)8-4-7(10)12-9(11)13-8/h4,6H,2-3,5H2,1H3,(H2,11,12,13). The SMILES string of the molecule is CN(c1cc(Cl)nc(N)n1)C1CCOC1. The molecule has 2 heterocycles. The van der Waals surface area contributed by atoms with Crippen LogP contribution < -0.4 is 10.6 Å². The Labute approximate surface area is 93.2 Å². The first-order chi connectivity index (χ1) is 7.16. The van der Waals surface area contributed by atoms with E-state index in [4.69, 9.17) is 22.1 Å². The van der Waals surface area contributed by atoms with E-state index in [1.165, 1.54) is 0 Å². The minimum atomic E-state index is 0.197. The summed E-state index contributed by atoms with van der Waals surface area (Å²) in [5.74, 6) is 0.936. The lowest BCUT2D eigenvalue weighted by atomic mass is 10.2. The van der Waals surface area contributed by atoms with Gasteiger partial charge in [0, 0.05) is 19.7 Å². The molecule has 1 aliphatic rings. The Morgan fingerprint density at radius 3 is 3.00 bits per heavy atom. The number of nitrogens with zero attached hydrogens (tertiary/aromatic N) is 3. The number of ether oxygens (including phenoxy) is 1. The molecule has 0 spiro atoms. The van der Waals surface area contributed by atoms with E-state index in [0.29, 0.717) is 11.2 Å². The molecule has 6 heteroatoms. The van der Waals surface area contributed by atoms with E-state index in [2.05, 4.69) is 9.97 Å². The van der Waals surface area contributed by atoms with Crippen molar-refractivity contribution < 1.29 is 4.74 Å². The molecule has 1 unspecified atom stereocenters. The van der Waals surface area contributed by atoms with Gasteiger partial charge in [-0.15, -0.1) is 0 Å². The minimum Gasteiger partial charge on any atom is -0.379 e. The molecule has 1 aromatic rings. The highest BCUT2D eigenvalue weighted by atomic mass is 35.5. The number of hydrogen-bond donors (Lipinski definition) is 1. The molecule has 0 amide bonds. The van der Waals surface area contributed by atoms with Crippen LogP contribution in [0.3, 0.4) is 0 Å². The van der Waals surface area contributed by atoms with Crippen LogP contribution in [-0.4, -0.2) is 36.3 Å². The van der Waals surface area contributed by atoms with Gasteiger partial charge in [-0.1, -0.05) is 11.6 Å². The molecule has 0 aromatic carbocycles. The molecule has 1 aliphatic heterocycles. The summed E-state index contributed by atoms with van der Waals surface area (Å²) in [5, 5.41) is 0.364. The van der Waals surface area contributed by atoms with E-state index < -0.39 is 0 Å². The number of aromatic nitrogens is 2. The number of halogens is 1. The Kier molecular flexibility index (Phi) is 2.93. The van der Waals surface area contributed by atoms with Gasteiger partial charge in [0.2, 0.25) is 5.95 Å². The second kappa shape index (κ2) is 4.20. The van der Waals surface area contributed by atoms with Crippen molar-refractivity contribution in [1.29, 1.82) is 0 Å². The van der Waals surface area contributed by atoms with Crippen molar-refractivity contribution in [2.45, 2.75) is 12.5 Å². The van der Waals surface area contributed by atoms with Gasteiger partial charge >= 0.3 is 0 Å². The van der Waals surface area contributed by atoms with Crippen molar-refractivity contribution in [2.24, 2.45) is 0 Å². The normalized spacial score (nSPS) is 20.5. The molecule has 1 atom stereocenters. The molecule has 1 aromatic heterocycles. The summed E-state index contributed by atoms with van der Waals surface area (Å²) in [6.07, 6.45) is 0.998. The predicted molar refractivity (Wildman–Crippen MR) is 59.1 cm³/mol. The van der Waals surface area contributed by atoms with E-state index in [9.17, 15) is 0 Å². The van der Waals surface area contributed by atoms with Crippen molar-refractivity contribution in [3.8, 4) is 0 Å². The van der Waals surface area contributed by atoms with Crippen LogP contribution in [-0.2, 0) is 4.74 Å². The quantitative estimate of drug-likeness (QED) is 0.764. The van der Waals surface area contributed by atoms with Gasteiger partial charge in [-0.2, -0.15) is 4.98 Å². The van der Waals surface area contributed by atoms with Crippen molar-refractivity contribution in [3.63, 3.8) is 0 Å². The van der Waals surface area contributed by atoms with Gasteiger partial charge in [0.15, 0.2) is 0 Å². The van der Waals surface area contributed by atoms with Gasteiger partial charge in [0.25, 0.3) is 0 Å². The van der Waals surface area contributed by atoms with Crippen molar-refractivity contribution >= 4 is 23.4 Å². The number of nitrogens with two attached hydrogens (primary N) is 1. The molecule has 2 N–H and O–H groups in total. The largest absolute Gasteiger partial charge is 0.379 e. The second-order valence-electron chi connectivity index (χ2n) is 3.54. The van der Waals surface area contributed by atoms with Gasteiger partial charge in [-0.3, -0.25) is 0 Å². The number of hydrogen-bond acceptors (Lipinski definition) is 5. The zero-order chi connectivity index (χ0) is 10.8. The van der Waals surface area contributed by atoms with Crippen LogP contribution in [0.1, 0.15) is 6.42 Å². The van der Waals surface area contributed by atoms with Crippen LogP contribution >= 0.6 is 11.6 Å². The van der Waals surface area contributed by atoms with Gasteiger partial charge in [0.05, 0.1) is 12.6 Å². The molecule has 0 bridgehead atoms. The van der Waals surface area contributed by atoms with Gasteiger partial charge in [-0.25, -0.2) is 4.98 Å². The first-order valence-electron chi connectivity index (χ1n) is 4.77. The fourth-order valence-corrected chi connectivity index (χ4v) is 1.80. The minimum absolute atomic E-state index is 0.197. The molecule has 15 heavy (non-hydrogen) atoms. The summed E-state index contributed by atoms with van der Waals surface area (Å²) in [5.41, 5.74) is 5.53. The molecular weight excluding hydrogens is 216 g/mol. The number of rotatable bonds is 2. The summed E-state index contributed by atoms with van der Waals surface area (Å²) in [6, 6.07) is 2.05. The third-order valence-electron chi connectivity index (χ3n) is 2.51. The Morgan fingerprint density at radius 2 is 2.40 bits per heavy atom. The fraction of sp³-hybridized carbons (Fsp3) is 0.556. The summed E-state index contributed by atoms with van der Waals surface area (Å²) in [7, 11) is 1.96. The summed E-state index contributed by atoms with van der Waals surface area (Å²) in [6.45, 7) is 1.52. The highest BCUT2D eigenvalue weighted by Gasteiger charge is 2.21. The van der Waals surface area contributed by atoms with E-state index in [1.807, 2.05) is 11.9 Å². The monoisotopic (exact) mass is 228 g/mol. The zero-order valence-electron chi connectivity index (χ0n) is 8.48. The first kappa shape index (κ1) is 10.4. The number of nitrogen functional groups attached to an aromatic ring is 1. The Bertz CT molecular complexity index is 334. The maximum absolute atomic E-state index is 5.81. The number of likely N-dealkylation sites (N-methyl/N-ethyl adjacent to an activating group) is 1. The average Bonchev–Trinajstić information content (AvgIpc) is 2.67. The van der Waals surface area contributed by atoms with Crippen LogP contribution in [0.15, 0.2) is 6.07 Å². The lowest BCUT2D eigenvalue weighted by molar-refractivity contribution is 0.193. The van der Waals surface area contributed by atoms with Gasteiger partial charge in [0.1, 0.15) is 11.0 Å². The molecule has 2 rings (SSSR count). The molecule has 0 aliphatic carbocycles. The Hall–Kier alpha value is -1.07. The molecule has 0 radical (unpaired) electrons. The van der Waals surface area contributed by atoms with Crippen LogP contribution in [0.25, 0.3) is 0 Å². The van der Waals surface area contributed by atoms with Crippen LogP contribution in [0.4, 0.5) is 11.8 Å². The zero-order valence-corrected chi connectivity index (χ0v) is 9.24. The van der Waals surface area contributed by atoms with Crippen LogP contribution in [0, 0.1) is 0 Å². The lowest BCUT2D eigenvalue weighted by Gasteiger charge is -2.24.